The standard InChI is InChI=1S/C21H23N3O3S/c1-15(28-17-8-9-19(26-2)20(12-17)27-3)21(25)23-13-16-6-4-5-7-18(16)24-11-10-22-14-24/h4-12,14-15H,13H2,1-3H3,(H,23,25)/t15-/m0/s1. The summed E-state index contributed by atoms with van der Waals surface area (Å²) in [5, 5.41) is 2.77. The fourth-order valence-electron chi connectivity index (χ4n) is 2.79. The van der Waals surface area contributed by atoms with Gasteiger partial charge in [-0.2, -0.15) is 0 Å². The van der Waals surface area contributed by atoms with Crippen LogP contribution in [0.1, 0.15) is 12.5 Å². The largest absolute Gasteiger partial charge is 0.493 e. The van der Waals surface area contributed by atoms with Gasteiger partial charge < -0.3 is 19.4 Å². The van der Waals surface area contributed by atoms with E-state index in [0.29, 0.717) is 18.0 Å². The van der Waals surface area contributed by atoms with E-state index in [1.807, 2.05) is 60.2 Å². The zero-order valence-electron chi connectivity index (χ0n) is 16.1. The molecule has 0 fully saturated rings. The first kappa shape index (κ1) is 19.8. The van der Waals surface area contributed by atoms with Crippen molar-refractivity contribution in [1.82, 2.24) is 14.9 Å². The molecule has 0 unspecified atom stereocenters. The number of carbonyl (C=O) groups is 1. The Morgan fingerprint density at radius 2 is 1.96 bits per heavy atom. The highest BCUT2D eigenvalue weighted by atomic mass is 32.2. The Morgan fingerprint density at radius 1 is 1.18 bits per heavy atom. The predicted octanol–water partition coefficient (Wildman–Crippen LogP) is 3.69. The van der Waals surface area contributed by atoms with Crippen LogP contribution in [-0.4, -0.2) is 34.9 Å². The van der Waals surface area contributed by atoms with E-state index in [9.17, 15) is 4.79 Å². The Labute approximate surface area is 168 Å². The first-order valence-electron chi connectivity index (χ1n) is 8.85. The maximum Gasteiger partial charge on any atom is 0.233 e. The van der Waals surface area contributed by atoms with Crippen molar-refractivity contribution in [2.45, 2.75) is 23.6 Å². The number of ether oxygens (including phenoxy) is 2. The number of thioether (sulfide) groups is 1. The van der Waals surface area contributed by atoms with Crippen LogP contribution in [0, 0.1) is 0 Å². The Balaban J connectivity index is 1.63. The van der Waals surface area contributed by atoms with Gasteiger partial charge in [0, 0.05) is 23.8 Å². The van der Waals surface area contributed by atoms with Crippen molar-refractivity contribution in [2.24, 2.45) is 0 Å². The number of nitrogens with one attached hydrogen (secondary N) is 1. The van der Waals surface area contributed by atoms with Crippen molar-refractivity contribution in [1.29, 1.82) is 0 Å². The van der Waals surface area contributed by atoms with Crippen LogP contribution in [-0.2, 0) is 11.3 Å². The second kappa shape index (κ2) is 9.32. The minimum Gasteiger partial charge on any atom is -0.493 e. The fraction of sp³-hybridized carbons (Fsp3) is 0.238. The number of para-hydroxylation sites is 1. The summed E-state index contributed by atoms with van der Waals surface area (Å²) in [5.74, 6) is 1.29. The molecule has 1 amide bonds. The van der Waals surface area contributed by atoms with E-state index in [2.05, 4.69) is 10.3 Å². The molecule has 0 aliphatic heterocycles. The molecule has 0 saturated heterocycles. The summed E-state index contributed by atoms with van der Waals surface area (Å²) < 4.78 is 12.5. The predicted molar refractivity (Wildman–Crippen MR) is 110 cm³/mol. The molecule has 3 rings (SSSR count). The molecule has 1 aromatic heterocycles. The van der Waals surface area contributed by atoms with E-state index in [1.165, 1.54) is 11.8 Å². The summed E-state index contributed by atoms with van der Waals surface area (Å²) in [6, 6.07) is 13.6. The van der Waals surface area contributed by atoms with E-state index in [0.717, 1.165) is 16.1 Å². The van der Waals surface area contributed by atoms with Crippen LogP contribution in [0.4, 0.5) is 0 Å². The van der Waals surface area contributed by atoms with Gasteiger partial charge in [0.1, 0.15) is 0 Å². The van der Waals surface area contributed by atoms with Gasteiger partial charge in [0.05, 0.1) is 31.5 Å². The number of hydrogen-bond acceptors (Lipinski definition) is 5. The Morgan fingerprint density at radius 3 is 2.68 bits per heavy atom. The molecule has 146 valence electrons. The lowest BCUT2D eigenvalue weighted by atomic mass is 10.1. The fourth-order valence-corrected chi connectivity index (χ4v) is 3.71. The lowest BCUT2D eigenvalue weighted by molar-refractivity contribution is -0.120. The van der Waals surface area contributed by atoms with E-state index in [4.69, 9.17) is 9.47 Å². The van der Waals surface area contributed by atoms with Crippen LogP contribution in [0.2, 0.25) is 0 Å². The molecule has 7 heteroatoms. The molecule has 0 spiro atoms. The molecule has 1 N–H and O–H groups in total. The first-order chi connectivity index (χ1) is 13.6. The Kier molecular flexibility index (Phi) is 6.60. The van der Waals surface area contributed by atoms with Crippen LogP contribution in [0.5, 0.6) is 11.5 Å². The van der Waals surface area contributed by atoms with Gasteiger partial charge in [-0.25, -0.2) is 4.98 Å². The van der Waals surface area contributed by atoms with Crippen molar-refractivity contribution in [3.63, 3.8) is 0 Å². The minimum absolute atomic E-state index is 0.0276. The van der Waals surface area contributed by atoms with E-state index in [-0.39, 0.29) is 11.2 Å². The van der Waals surface area contributed by atoms with Gasteiger partial charge in [-0.05, 0) is 36.8 Å². The third kappa shape index (κ3) is 4.67. The molecule has 1 atom stereocenters. The van der Waals surface area contributed by atoms with Crippen LogP contribution in [0.3, 0.4) is 0 Å². The van der Waals surface area contributed by atoms with Gasteiger partial charge in [0.15, 0.2) is 11.5 Å². The summed E-state index contributed by atoms with van der Waals surface area (Å²) in [5.41, 5.74) is 2.03. The highest BCUT2D eigenvalue weighted by molar-refractivity contribution is 8.00. The van der Waals surface area contributed by atoms with Gasteiger partial charge in [0.2, 0.25) is 5.91 Å². The molecule has 6 nitrogen and oxygen atoms in total. The second-order valence-electron chi connectivity index (χ2n) is 6.09. The summed E-state index contributed by atoms with van der Waals surface area (Å²) in [6.45, 7) is 2.34. The van der Waals surface area contributed by atoms with Crippen molar-refractivity contribution >= 4 is 17.7 Å². The molecule has 1 heterocycles. The SMILES string of the molecule is COc1ccc(S[C@@H](C)C(=O)NCc2ccccc2-n2ccnc2)cc1OC. The number of rotatable bonds is 8. The van der Waals surface area contributed by atoms with Crippen molar-refractivity contribution in [2.75, 3.05) is 14.2 Å². The number of carbonyl (C=O) groups excluding carboxylic acids is 1. The molecule has 0 saturated carbocycles. The molecule has 0 aliphatic carbocycles. The van der Waals surface area contributed by atoms with E-state index < -0.39 is 0 Å². The third-order valence-corrected chi connectivity index (χ3v) is 5.36. The van der Waals surface area contributed by atoms with Crippen molar-refractivity contribution in [3.8, 4) is 17.2 Å². The molecule has 0 radical (unpaired) electrons. The quantitative estimate of drug-likeness (QED) is 0.588. The highest BCUT2D eigenvalue weighted by Gasteiger charge is 2.16. The zero-order valence-corrected chi connectivity index (χ0v) is 16.9. The Bertz CT molecular complexity index is 928. The van der Waals surface area contributed by atoms with Crippen LogP contribution < -0.4 is 14.8 Å². The Hall–Kier alpha value is -2.93. The van der Waals surface area contributed by atoms with E-state index >= 15 is 0 Å². The van der Waals surface area contributed by atoms with Crippen LogP contribution in [0.25, 0.3) is 5.69 Å². The van der Waals surface area contributed by atoms with Crippen molar-refractivity contribution < 1.29 is 14.3 Å². The zero-order chi connectivity index (χ0) is 19.9. The maximum absolute atomic E-state index is 12.6. The van der Waals surface area contributed by atoms with Gasteiger partial charge in [-0.3, -0.25) is 4.79 Å². The number of imidazole rings is 1. The summed E-state index contributed by atoms with van der Waals surface area (Å²) in [7, 11) is 3.20. The smallest absolute Gasteiger partial charge is 0.233 e. The first-order valence-corrected chi connectivity index (χ1v) is 9.73. The van der Waals surface area contributed by atoms with Gasteiger partial charge in [-0.15, -0.1) is 11.8 Å². The average molecular weight is 398 g/mol. The monoisotopic (exact) mass is 397 g/mol. The van der Waals surface area contributed by atoms with Crippen LogP contribution >= 0.6 is 11.8 Å². The maximum atomic E-state index is 12.6. The molecule has 28 heavy (non-hydrogen) atoms. The summed E-state index contributed by atoms with van der Waals surface area (Å²) >= 11 is 1.47. The van der Waals surface area contributed by atoms with Gasteiger partial charge >= 0.3 is 0 Å². The lowest BCUT2D eigenvalue weighted by Gasteiger charge is -2.15. The third-order valence-electron chi connectivity index (χ3n) is 4.26. The number of benzene rings is 2. The number of aromatic nitrogens is 2. The lowest BCUT2D eigenvalue weighted by Crippen LogP contribution is -2.30. The highest BCUT2D eigenvalue weighted by Crippen LogP contribution is 2.33. The summed E-state index contributed by atoms with van der Waals surface area (Å²) in [4.78, 5) is 17.6. The molecule has 0 bridgehead atoms. The molecular weight excluding hydrogens is 374 g/mol. The average Bonchev–Trinajstić information content (AvgIpc) is 3.26. The normalized spacial score (nSPS) is 11.7. The van der Waals surface area contributed by atoms with Gasteiger partial charge in [0.25, 0.3) is 0 Å². The molecule has 0 aliphatic rings. The van der Waals surface area contributed by atoms with E-state index in [1.54, 1.807) is 26.7 Å². The molecular formula is C21H23N3O3S. The minimum atomic E-state index is -0.251. The summed E-state index contributed by atoms with van der Waals surface area (Å²) in [6.07, 6.45) is 5.36. The molecule has 2 aromatic carbocycles. The topological polar surface area (TPSA) is 65.4 Å². The number of hydrogen-bond donors (Lipinski definition) is 1. The van der Waals surface area contributed by atoms with Crippen molar-refractivity contribution in [3.05, 3.63) is 66.7 Å². The number of nitrogens with zero attached hydrogens (tertiary/aromatic N) is 2. The molecule has 3 aromatic rings. The number of amides is 1. The van der Waals surface area contributed by atoms with Gasteiger partial charge in [-0.1, -0.05) is 18.2 Å². The van der Waals surface area contributed by atoms with Crippen LogP contribution in [0.15, 0.2) is 66.1 Å². The number of methoxy groups -OCH3 is 2. The second-order valence-corrected chi connectivity index (χ2v) is 7.51.